The van der Waals surface area contributed by atoms with Crippen LogP contribution in [-0.2, 0) is 26.5 Å². The van der Waals surface area contributed by atoms with Gasteiger partial charge in [0.05, 0.1) is 29.1 Å². The predicted molar refractivity (Wildman–Crippen MR) is 128 cm³/mol. The van der Waals surface area contributed by atoms with Crippen LogP contribution < -0.4 is 5.32 Å². The van der Waals surface area contributed by atoms with Crippen LogP contribution in [0.1, 0.15) is 49.6 Å². The number of carbonyl (C=O) groups excluding carboxylic acids is 1. The molecule has 35 heavy (non-hydrogen) atoms. The van der Waals surface area contributed by atoms with Gasteiger partial charge in [-0.1, -0.05) is 38.1 Å². The molecule has 1 amide bonds. The third-order valence-electron chi connectivity index (χ3n) is 7.36. The molecule has 0 radical (unpaired) electrons. The summed E-state index contributed by atoms with van der Waals surface area (Å²) in [5, 5.41) is 3.41. The minimum absolute atomic E-state index is 0.0337. The number of nitrogens with one attached hydrogen (secondary N) is 1. The number of nitrogens with zero attached hydrogens (tertiary/aromatic N) is 2. The highest BCUT2D eigenvalue weighted by molar-refractivity contribution is 7.91. The van der Waals surface area contributed by atoms with Gasteiger partial charge in [-0.2, -0.15) is 13.2 Å². The van der Waals surface area contributed by atoms with Gasteiger partial charge in [-0.3, -0.25) is 9.78 Å². The summed E-state index contributed by atoms with van der Waals surface area (Å²) in [5.74, 6) is -1.83. The molecule has 0 saturated carbocycles. The van der Waals surface area contributed by atoms with Crippen LogP contribution in [0.2, 0.25) is 0 Å². The first-order valence-electron chi connectivity index (χ1n) is 11.6. The normalized spacial score (nSPS) is 22.3. The molecule has 1 aromatic heterocycles. The smallest absolute Gasteiger partial charge is 0.380 e. The Bertz CT molecular complexity index is 1180. The molecular weight excluding hydrogens is 479 g/mol. The van der Waals surface area contributed by atoms with Gasteiger partial charge in [0.25, 0.3) is 0 Å². The van der Waals surface area contributed by atoms with E-state index in [1.165, 1.54) is 23.4 Å². The van der Waals surface area contributed by atoms with Crippen LogP contribution in [0.5, 0.6) is 0 Å². The van der Waals surface area contributed by atoms with Gasteiger partial charge in [-0.15, -0.1) is 0 Å². The number of anilines is 1. The largest absolute Gasteiger partial charge is 0.414 e. The number of hydrogen-bond acceptors (Lipinski definition) is 5. The number of fused-ring (bicyclic) bond motifs is 1. The zero-order valence-electron chi connectivity index (χ0n) is 20.0. The van der Waals surface area contributed by atoms with E-state index in [4.69, 9.17) is 0 Å². The second-order valence-electron chi connectivity index (χ2n) is 10.1. The Hall–Kier alpha value is -2.62. The number of hydrogen-bond donors (Lipinski definition) is 1. The highest BCUT2D eigenvalue weighted by Crippen LogP contribution is 2.41. The van der Waals surface area contributed by atoms with E-state index < -0.39 is 33.9 Å². The van der Waals surface area contributed by atoms with E-state index in [0.29, 0.717) is 10.6 Å². The second-order valence-corrected chi connectivity index (χ2v) is 12.4. The molecule has 1 aliphatic heterocycles. The van der Waals surface area contributed by atoms with Crippen molar-refractivity contribution < 1.29 is 26.4 Å². The third kappa shape index (κ3) is 5.17. The highest BCUT2D eigenvalue weighted by atomic mass is 32.2. The summed E-state index contributed by atoms with van der Waals surface area (Å²) >= 11 is 0. The van der Waals surface area contributed by atoms with Crippen molar-refractivity contribution in [3.8, 4) is 0 Å². The van der Waals surface area contributed by atoms with Crippen molar-refractivity contribution in [2.45, 2.75) is 56.8 Å². The van der Waals surface area contributed by atoms with Gasteiger partial charge in [0, 0.05) is 24.4 Å². The van der Waals surface area contributed by atoms with Crippen molar-refractivity contribution in [2.75, 3.05) is 23.9 Å². The van der Waals surface area contributed by atoms with Crippen LogP contribution in [-0.4, -0.2) is 55.0 Å². The Kier molecular flexibility index (Phi) is 6.63. The fourth-order valence-electron chi connectivity index (χ4n) is 5.21. The Labute approximate surface area is 203 Å². The molecule has 2 aliphatic rings. The summed E-state index contributed by atoms with van der Waals surface area (Å²) in [7, 11) is -2.12. The van der Waals surface area contributed by atoms with Gasteiger partial charge in [-0.05, 0) is 42.5 Å². The van der Waals surface area contributed by atoms with E-state index in [1.54, 1.807) is 6.07 Å². The van der Waals surface area contributed by atoms with Crippen molar-refractivity contribution in [2.24, 2.45) is 5.92 Å². The molecule has 0 bridgehead atoms. The van der Waals surface area contributed by atoms with Gasteiger partial charge >= 0.3 is 6.18 Å². The fourth-order valence-corrected chi connectivity index (χ4v) is 6.70. The van der Waals surface area contributed by atoms with E-state index in [1.807, 2.05) is 12.1 Å². The van der Waals surface area contributed by atoms with E-state index in [2.05, 4.69) is 36.3 Å². The summed E-state index contributed by atoms with van der Waals surface area (Å²) in [6, 6.07) is 8.88. The Morgan fingerprint density at radius 1 is 1.14 bits per heavy atom. The third-order valence-corrected chi connectivity index (χ3v) is 9.08. The molecule has 0 spiro atoms. The number of amides is 1. The van der Waals surface area contributed by atoms with Crippen molar-refractivity contribution >= 4 is 21.4 Å². The maximum absolute atomic E-state index is 14.0. The van der Waals surface area contributed by atoms with E-state index in [9.17, 15) is 26.4 Å². The minimum Gasteiger partial charge on any atom is -0.380 e. The number of alkyl halides is 3. The van der Waals surface area contributed by atoms with E-state index in [0.717, 1.165) is 13.5 Å². The van der Waals surface area contributed by atoms with Gasteiger partial charge in [0.15, 0.2) is 6.04 Å². The molecule has 2 atom stereocenters. The molecular formula is C25H30F3N3O3S. The lowest BCUT2D eigenvalue weighted by Crippen LogP contribution is -2.44. The average molecular weight is 510 g/mol. The lowest BCUT2D eigenvalue weighted by Gasteiger charge is -2.33. The van der Waals surface area contributed by atoms with Crippen LogP contribution in [0.3, 0.4) is 0 Å². The maximum Gasteiger partial charge on any atom is 0.414 e. The standard InChI is InChI=1S/C25H30F3N3O3S/c1-24(2)19-7-5-4-6-17(19)14-21(24)30-18-8-9-20(29-15-18)22(25(26,27)28)31(3)23(32)16-10-12-35(33,34)13-11-16/h4-9,15-16,21-22,30H,10-14H2,1-3H3. The summed E-state index contributed by atoms with van der Waals surface area (Å²) < 4.78 is 65.4. The monoisotopic (exact) mass is 509 g/mol. The quantitative estimate of drug-likeness (QED) is 0.651. The van der Waals surface area contributed by atoms with Gasteiger partial charge in [0.1, 0.15) is 9.84 Å². The van der Waals surface area contributed by atoms with Gasteiger partial charge in [0.2, 0.25) is 5.91 Å². The van der Waals surface area contributed by atoms with Crippen LogP contribution in [0, 0.1) is 5.92 Å². The maximum atomic E-state index is 14.0. The fraction of sp³-hybridized carbons (Fsp3) is 0.520. The number of benzene rings is 1. The molecule has 1 aliphatic carbocycles. The molecule has 1 fully saturated rings. The molecule has 10 heteroatoms. The number of rotatable bonds is 5. The van der Waals surface area contributed by atoms with Crippen molar-refractivity contribution in [1.29, 1.82) is 0 Å². The van der Waals surface area contributed by atoms with Gasteiger partial charge < -0.3 is 10.2 Å². The lowest BCUT2D eigenvalue weighted by atomic mass is 9.83. The van der Waals surface area contributed by atoms with Crippen molar-refractivity contribution in [1.82, 2.24) is 9.88 Å². The number of aromatic nitrogens is 1. The second kappa shape index (κ2) is 9.11. The Morgan fingerprint density at radius 3 is 2.37 bits per heavy atom. The molecule has 6 nitrogen and oxygen atoms in total. The SMILES string of the molecule is CN(C(=O)C1CCS(=O)(=O)CC1)C(c1ccc(NC2Cc3ccccc3C2(C)C)cn1)C(F)(F)F. The highest BCUT2D eigenvalue weighted by Gasteiger charge is 2.47. The first kappa shape index (κ1) is 25.5. The molecule has 4 rings (SSSR count). The Morgan fingerprint density at radius 2 is 1.80 bits per heavy atom. The lowest BCUT2D eigenvalue weighted by molar-refractivity contribution is -0.191. The summed E-state index contributed by atoms with van der Waals surface area (Å²) in [6.45, 7) is 4.27. The number of pyridine rings is 1. The first-order chi connectivity index (χ1) is 16.3. The molecule has 1 saturated heterocycles. The summed E-state index contributed by atoms with van der Waals surface area (Å²) in [4.78, 5) is 17.6. The minimum atomic E-state index is -4.73. The average Bonchev–Trinajstić information content (AvgIpc) is 3.03. The molecule has 190 valence electrons. The number of sulfone groups is 1. The molecule has 1 aromatic carbocycles. The van der Waals surface area contributed by atoms with E-state index in [-0.39, 0.29) is 41.5 Å². The zero-order valence-corrected chi connectivity index (χ0v) is 20.8. The van der Waals surface area contributed by atoms with Crippen LogP contribution in [0.15, 0.2) is 42.6 Å². The molecule has 2 aromatic rings. The van der Waals surface area contributed by atoms with Gasteiger partial charge in [-0.25, -0.2) is 8.42 Å². The number of carbonyl (C=O) groups is 1. The summed E-state index contributed by atoms with van der Waals surface area (Å²) in [5.41, 5.74) is 2.65. The Balaban J connectivity index is 1.50. The van der Waals surface area contributed by atoms with Crippen molar-refractivity contribution in [3.05, 3.63) is 59.4 Å². The first-order valence-corrected chi connectivity index (χ1v) is 13.5. The number of halogens is 3. The topological polar surface area (TPSA) is 79.4 Å². The predicted octanol–water partition coefficient (Wildman–Crippen LogP) is 4.28. The van der Waals surface area contributed by atoms with E-state index >= 15 is 0 Å². The molecule has 2 unspecified atom stereocenters. The van der Waals surface area contributed by atoms with Crippen LogP contribution >= 0.6 is 0 Å². The molecule has 2 heterocycles. The summed E-state index contributed by atoms with van der Waals surface area (Å²) in [6.07, 6.45) is -2.50. The molecule has 1 N–H and O–H groups in total. The van der Waals surface area contributed by atoms with Crippen LogP contribution in [0.4, 0.5) is 18.9 Å². The zero-order chi connectivity index (χ0) is 25.6. The van der Waals surface area contributed by atoms with Crippen molar-refractivity contribution in [3.63, 3.8) is 0 Å². The van der Waals surface area contributed by atoms with Crippen LogP contribution in [0.25, 0.3) is 0 Å².